The SMILES string of the molecule is CCc1cc(C)cc(CC)c1C1=C(O)C2CCCCC2C1=O. The van der Waals surface area contributed by atoms with Crippen molar-refractivity contribution >= 4 is 11.4 Å². The van der Waals surface area contributed by atoms with Gasteiger partial charge in [-0.1, -0.05) is 44.4 Å². The number of fused-ring (bicyclic) bond motifs is 1. The second-order valence-electron chi connectivity index (χ2n) is 6.79. The van der Waals surface area contributed by atoms with Crippen molar-refractivity contribution in [3.8, 4) is 0 Å². The molecule has 0 heterocycles. The number of aliphatic hydroxyl groups is 1. The Morgan fingerprint density at radius 2 is 1.59 bits per heavy atom. The molecule has 2 atom stereocenters. The van der Waals surface area contributed by atoms with Crippen LogP contribution in [0.2, 0.25) is 0 Å². The Morgan fingerprint density at radius 3 is 2.09 bits per heavy atom. The molecule has 0 spiro atoms. The van der Waals surface area contributed by atoms with Gasteiger partial charge in [-0.15, -0.1) is 0 Å². The highest BCUT2D eigenvalue weighted by Gasteiger charge is 2.44. The van der Waals surface area contributed by atoms with Crippen LogP contribution >= 0.6 is 0 Å². The summed E-state index contributed by atoms with van der Waals surface area (Å²) < 4.78 is 0. The van der Waals surface area contributed by atoms with Gasteiger partial charge in [-0.25, -0.2) is 0 Å². The van der Waals surface area contributed by atoms with E-state index in [-0.39, 0.29) is 17.6 Å². The van der Waals surface area contributed by atoms with Crippen molar-refractivity contribution in [3.05, 3.63) is 40.1 Å². The summed E-state index contributed by atoms with van der Waals surface area (Å²) >= 11 is 0. The Kier molecular flexibility index (Phi) is 4.12. The molecule has 1 N–H and O–H groups in total. The Morgan fingerprint density at radius 1 is 1.05 bits per heavy atom. The van der Waals surface area contributed by atoms with Gasteiger partial charge in [0.25, 0.3) is 0 Å². The lowest BCUT2D eigenvalue weighted by Gasteiger charge is -2.23. The summed E-state index contributed by atoms with van der Waals surface area (Å²) in [6.07, 6.45) is 5.92. The molecule has 0 radical (unpaired) electrons. The highest BCUT2D eigenvalue weighted by atomic mass is 16.3. The predicted molar refractivity (Wildman–Crippen MR) is 89.9 cm³/mol. The number of Topliss-reactive ketones (excluding diaryl/α,β-unsaturated/α-hetero) is 1. The lowest BCUT2D eigenvalue weighted by atomic mass is 9.80. The summed E-state index contributed by atoms with van der Waals surface area (Å²) in [5, 5.41) is 10.8. The van der Waals surface area contributed by atoms with Crippen molar-refractivity contribution in [3.63, 3.8) is 0 Å². The quantitative estimate of drug-likeness (QED) is 0.872. The average Bonchev–Trinajstić information content (AvgIpc) is 2.78. The Balaban J connectivity index is 2.18. The van der Waals surface area contributed by atoms with E-state index in [0.29, 0.717) is 11.3 Å². The summed E-state index contributed by atoms with van der Waals surface area (Å²) in [6, 6.07) is 4.34. The highest BCUT2D eigenvalue weighted by molar-refractivity contribution is 6.25. The summed E-state index contributed by atoms with van der Waals surface area (Å²) in [7, 11) is 0. The van der Waals surface area contributed by atoms with Gasteiger partial charge in [0.15, 0.2) is 5.78 Å². The van der Waals surface area contributed by atoms with E-state index in [1.807, 2.05) is 0 Å². The van der Waals surface area contributed by atoms with E-state index in [1.54, 1.807) is 0 Å². The van der Waals surface area contributed by atoms with E-state index >= 15 is 0 Å². The fourth-order valence-corrected chi connectivity index (χ4v) is 4.34. The maximum atomic E-state index is 13.0. The zero-order chi connectivity index (χ0) is 15.9. The standard InChI is InChI=1S/C20H26O2/c1-4-13-10-12(3)11-14(5-2)17(13)18-19(21)15-8-6-7-9-16(15)20(18)22/h10-11,15-16,21H,4-9H2,1-3H3. The first-order valence-corrected chi connectivity index (χ1v) is 8.68. The molecular formula is C20H26O2. The van der Waals surface area contributed by atoms with Crippen molar-refractivity contribution in [1.82, 2.24) is 0 Å². The van der Waals surface area contributed by atoms with Crippen LogP contribution in [-0.4, -0.2) is 10.9 Å². The van der Waals surface area contributed by atoms with Crippen LogP contribution < -0.4 is 0 Å². The van der Waals surface area contributed by atoms with Crippen molar-refractivity contribution in [2.45, 2.75) is 59.3 Å². The number of carbonyl (C=O) groups excluding carboxylic acids is 1. The number of benzene rings is 1. The third-order valence-electron chi connectivity index (χ3n) is 5.41. The van der Waals surface area contributed by atoms with Crippen molar-refractivity contribution in [2.75, 3.05) is 0 Å². The fourth-order valence-electron chi connectivity index (χ4n) is 4.34. The zero-order valence-electron chi connectivity index (χ0n) is 13.9. The van der Waals surface area contributed by atoms with Crippen LogP contribution in [0, 0.1) is 18.8 Å². The maximum Gasteiger partial charge on any atom is 0.170 e. The van der Waals surface area contributed by atoms with Gasteiger partial charge >= 0.3 is 0 Å². The second-order valence-corrected chi connectivity index (χ2v) is 6.79. The largest absolute Gasteiger partial charge is 0.511 e. The minimum absolute atomic E-state index is 0.0273. The van der Waals surface area contributed by atoms with Gasteiger partial charge in [0.2, 0.25) is 0 Å². The van der Waals surface area contributed by atoms with E-state index in [1.165, 1.54) is 16.7 Å². The summed E-state index contributed by atoms with van der Waals surface area (Å²) in [5.74, 6) is 0.671. The number of hydrogen-bond donors (Lipinski definition) is 1. The molecule has 2 aliphatic rings. The van der Waals surface area contributed by atoms with E-state index in [2.05, 4.69) is 32.9 Å². The monoisotopic (exact) mass is 298 g/mol. The molecule has 118 valence electrons. The molecule has 0 aromatic heterocycles. The molecule has 1 saturated carbocycles. The van der Waals surface area contributed by atoms with Crippen LogP contribution in [0.4, 0.5) is 0 Å². The number of carbonyl (C=O) groups is 1. The molecule has 1 aromatic rings. The van der Waals surface area contributed by atoms with Crippen LogP contribution in [0.5, 0.6) is 0 Å². The number of rotatable bonds is 3. The van der Waals surface area contributed by atoms with Crippen molar-refractivity contribution in [1.29, 1.82) is 0 Å². The smallest absolute Gasteiger partial charge is 0.170 e. The zero-order valence-corrected chi connectivity index (χ0v) is 13.9. The molecule has 0 saturated heterocycles. The number of allylic oxidation sites excluding steroid dienone is 2. The number of hydrogen-bond acceptors (Lipinski definition) is 2. The van der Waals surface area contributed by atoms with Gasteiger partial charge in [-0.05, 0) is 49.3 Å². The number of ketones is 1. The molecule has 2 unspecified atom stereocenters. The number of aliphatic hydroxyl groups excluding tert-OH is 1. The van der Waals surface area contributed by atoms with Crippen LogP contribution in [0.3, 0.4) is 0 Å². The first-order chi connectivity index (χ1) is 10.6. The second kappa shape index (κ2) is 5.91. The topological polar surface area (TPSA) is 37.3 Å². The fraction of sp³-hybridized carbons (Fsp3) is 0.550. The lowest BCUT2D eigenvalue weighted by molar-refractivity contribution is -0.118. The molecule has 0 aliphatic heterocycles. The van der Waals surface area contributed by atoms with Crippen LogP contribution in [-0.2, 0) is 17.6 Å². The van der Waals surface area contributed by atoms with E-state index in [0.717, 1.165) is 44.1 Å². The van der Waals surface area contributed by atoms with Gasteiger partial charge in [0.1, 0.15) is 5.76 Å². The maximum absolute atomic E-state index is 13.0. The lowest BCUT2D eigenvalue weighted by Crippen LogP contribution is -2.21. The van der Waals surface area contributed by atoms with Gasteiger partial charge in [-0.2, -0.15) is 0 Å². The Labute approximate surface area is 133 Å². The molecule has 1 aromatic carbocycles. The van der Waals surface area contributed by atoms with Gasteiger partial charge in [0, 0.05) is 11.8 Å². The first kappa shape index (κ1) is 15.3. The minimum Gasteiger partial charge on any atom is -0.511 e. The third-order valence-corrected chi connectivity index (χ3v) is 5.41. The van der Waals surface area contributed by atoms with Gasteiger partial charge in [0.05, 0.1) is 5.57 Å². The Bertz CT molecular complexity index is 614. The predicted octanol–water partition coefficient (Wildman–Crippen LogP) is 4.78. The van der Waals surface area contributed by atoms with Crippen molar-refractivity contribution < 1.29 is 9.90 Å². The summed E-state index contributed by atoms with van der Waals surface area (Å²) in [4.78, 5) is 13.0. The molecular weight excluding hydrogens is 272 g/mol. The summed E-state index contributed by atoms with van der Waals surface area (Å²) in [6.45, 7) is 6.36. The van der Waals surface area contributed by atoms with Crippen LogP contribution in [0.25, 0.3) is 5.57 Å². The molecule has 0 amide bonds. The molecule has 22 heavy (non-hydrogen) atoms. The van der Waals surface area contributed by atoms with Gasteiger partial charge in [-0.3, -0.25) is 4.79 Å². The van der Waals surface area contributed by atoms with Crippen LogP contribution in [0.1, 0.15) is 61.8 Å². The minimum atomic E-state index is 0.0273. The third kappa shape index (κ3) is 2.29. The van der Waals surface area contributed by atoms with Crippen LogP contribution in [0.15, 0.2) is 17.9 Å². The molecule has 3 rings (SSSR count). The molecule has 2 aliphatic carbocycles. The average molecular weight is 298 g/mol. The van der Waals surface area contributed by atoms with E-state index in [9.17, 15) is 9.90 Å². The first-order valence-electron chi connectivity index (χ1n) is 8.68. The number of aryl methyl sites for hydroxylation is 3. The normalized spacial score (nSPS) is 24.8. The highest BCUT2D eigenvalue weighted by Crippen LogP contribution is 2.47. The Hall–Kier alpha value is -1.57. The molecule has 2 heteroatoms. The van der Waals surface area contributed by atoms with E-state index in [4.69, 9.17) is 0 Å². The molecule has 1 fully saturated rings. The van der Waals surface area contributed by atoms with Crippen molar-refractivity contribution in [2.24, 2.45) is 11.8 Å². The summed E-state index contributed by atoms with van der Waals surface area (Å²) in [5.41, 5.74) is 5.31. The van der Waals surface area contributed by atoms with E-state index < -0.39 is 0 Å². The molecule has 0 bridgehead atoms. The molecule has 2 nitrogen and oxygen atoms in total. The van der Waals surface area contributed by atoms with Gasteiger partial charge < -0.3 is 5.11 Å².